The molecule has 142 valence electrons. The highest BCUT2D eigenvalue weighted by Gasteiger charge is 2.46. The van der Waals surface area contributed by atoms with Crippen molar-refractivity contribution in [1.29, 1.82) is 5.26 Å². The van der Waals surface area contributed by atoms with Gasteiger partial charge in [-0.15, -0.1) is 0 Å². The largest absolute Gasteiger partial charge is 0.339 e. The maximum absolute atomic E-state index is 13.3. The van der Waals surface area contributed by atoms with Crippen molar-refractivity contribution in [2.75, 3.05) is 13.1 Å². The van der Waals surface area contributed by atoms with Crippen LogP contribution in [0.3, 0.4) is 0 Å². The first kappa shape index (κ1) is 18.0. The van der Waals surface area contributed by atoms with Gasteiger partial charge in [-0.1, -0.05) is 37.3 Å². The summed E-state index contributed by atoms with van der Waals surface area (Å²) in [5.41, 5.74) is 1.11. The topological polar surface area (TPSA) is 64.4 Å². The molecule has 2 amide bonds. The van der Waals surface area contributed by atoms with Gasteiger partial charge in [-0.25, -0.2) is 0 Å². The average molecular weight is 365 g/mol. The van der Waals surface area contributed by atoms with Gasteiger partial charge in [-0.05, 0) is 37.2 Å². The number of nitriles is 1. The predicted octanol–water partition coefficient (Wildman–Crippen LogP) is 2.93. The Bertz CT molecular complexity index is 757. The molecule has 0 N–H and O–H groups in total. The molecule has 5 heteroatoms. The second kappa shape index (κ2) is 7.34. The van der Waals surface area contributed by atoms with Gasteiger partial charge >= 0.3 is 0 Å². The van der Waals surface area contributed by atoms with Gasteiger partial charge in [0.25, 0.3) is 0 Å². The number of carbonyl (C=O) groups excluding carboxylic acids is 2. The van der Waals surface area contributed by atoms with E-state index in [0.29, 0.717) is 25.4 Å². The van der Waals surface area contributed by atoms with Gasteiger partial charge in [0.15, 0.2) is 0 Å². The summed E-state index contributed by atoms with van der Waals surface area (Å²) in [6.45, 7) is 3.24. The maximum Gasteiger partial charge on any atom is 0.245 e. The third-order valence-electron chi connectivity index (χ3n) is 6.63. The molecule has 0 saturated carbocycles. The Balaban J connectivity index is 1.51. The molecule has 3 saturated heterocycles. The molecule has 3 aliphatic rings. The first-order valence-electron chi connectivity index (χ1n) is 10.1. The van der Waals surface area contributed by atoms with Crippen LogP contribution in [-0.4, -0.2) is 46.8 Å². The molecule has 1 aromatic rings. The number of fused-ring (bicyclic) bond motifs is 1. The van der Waals surface area contributed by atoms with E-state index in [0.717, 1.165) is 31.2 Å². The molecule has 27 heavy (non-hydrogen) atoms. The summed E-state index contributed by atoms with van der Waals surface area (Å²) in [6.07, 6.45) is 4.15. The van der Waals surface area contributed by atoms with Gasteiger partial charge in [0.05, 0.1) is 12.0 Å². The number of amides is 2. The molecule has 1 aromatic carbocycles. The van der Waals surface area contributed by atoms with Crippen LogP contribution in [0.2, 0.25) is 0 Å². The van der Waals surface area contributed by atoms with Crippen molar-refractivity contribution >= 4 is 11.8 Å². The van der Waals surface area contributed by atoms with Gasteiger partial charge in [0.2, 0.25) is 11.8 Å². The molecule has 0 bridgehead atoms. The van der Waals surface area contributed by atoms with E-state index in [1.54, 1.807) is 0 Å². The predicted molar refractivity (Wildman–Crippen MR) is 102 cm³/mol. The first-order chi connectivity index (χ1) is 13.1. The fourth-order valence-electron chi connectivity index (χ4n) is 5.18. The number of benzene rings is 1. The van der Waals surface area contributed by atoms with Crippen LogP contribution in [0.1, 0.15) is 50.5 Å². The Hall–Kier alpha value is -2.35. The molecule has 3 fully saturated rings. The molecule has 4 rings (SSSR count). The third-order valence-corrected chi connectivity index (χ3v) is 6.63. The van der Waals surface area contributed by atoms with E-state index in [1.807, 2.05) is 40.1 Å². The number of hydrogen-bond acceptors (Lipinski definition) is 3. The fourth-order valence-corrected chi connectivity index (χ4v) is 5.18. The standard InChI is InChI=1S/C22H27N3O2/c1-15-7-10-21(26)25-18(11-15)8-9-20(25)22(27)24-13-17(12-23)19(14-24)16-5-3-2-4-6-16/h2-6,15,17-20H,7-11,13-14H2,1H3/t15-,17+,18+,19-,20-/m0/s1. The summed E-state index contributed by atoms with van der Waals surface area (Å²) in [5, 5.41) is 9.61. The van der Waals surface area contributed by atoms with Gasteiger partial charge < -0.3 is 9.80 Å². The van der Waals surface area contributed by atoms with Crippen LogP contribution in [0.15, 0.2) is 30.3 Å². The number of rotatable bonds is 2. The molecular formula is C22H27N3O2. The van der Waals surface area contributed by atoms with Crippen molar-refractivity contribution in [3.8, 4) is 6.07 Å². The molecular weight excluding hydrogens is 338 g/mol. The number of hydrogen-bond donors (Lipinski definition) is 0. The third kappa shape index (κ3) is 3.34. The average Bonchev–Trinajstić information content (AvgIpc) is 3.27. The van der Waals surface area contributed by atoms with E-state index in [4.69, 9.17) is 0 Å². The zero-order valence-electron chi connectivity index (χ0n) is 15.9. The summed E-state index contributed by atoms with van der Waals surface area (Å²) in [7, 11) is 0. The smallest absolute Gasteiger partial charge is 0.245 e. The Kier molecular flexibility index (Phi) is 4.90. The van der Waals surface area contributed by atoms with Gasteiger partial charge in [-0.3, -0.25) is 9.59 Å². The minimum atomic E-state index is -0.332. The summed E-state index contributed by atoms with van der Waals surface area (Å²) in [4.78, 5) is 29.7. The van der Waals surface area contributed by atoms with Crippen molar-refractivity contribution in [2.24, 2.45) is 11.8 Å². The Morgan fingerprint density at radius 3 is 2.67 bits per heavy atom. The molecule has 0 spiro atoms. The lowest BCUT2D eigenvalue weighted by molar-refractivity contribution is -0.144. The van der Waals surface area contributed by atoms with Crippen molar-refractivity contribution in [3.05, 3.63) is 35.9 Å². The van der Waals surface area contributed by atoms with E-state index >= 15 is 0 Å². The minimum absolute atomic E-state index is 0.0408. The molecule has 0 radical (unpaired) electrons. The highest BCUT2D eigenvalue weighted by atomic mass is 16.2. The van der Waals surface area contributed by atoms with Crippen LogP contribution in [0.4, 0.5) is 0 Å². The monoisotopic (exact) mass is 365 g/mol. The molecule has 0 unspecified atom stereocenters. The van der Waals surface area contributed by atoms with Gasteiger partial charge in [0, 0.05) is 31.5 Å². The van der Waals surface area contributed by atoms with Gasteiger partial charge in [-0.2, -0.15) is 5.26 Å². The van der Waals surface area contributed by atoms with E-state index in [9.17, 15) is 14.9 Å². The van der Waals surface area contributed by atoms with Gasteiger partial charge in [0.1, 0.15) is 6.04 Å². The van der Waals surface area contributed by atoms with E-state index in [1.165, 1.54) is 0 Å². The molecule has 3 heterocycles. The lowest BCUT2D eigenvalue weighted by atomic mass is 9.90. The summed E-state index contributed by atoms with van der Waals surface area (Å²) < 4.78 is 0. The van der Waals surface area contributed by atoms with Crippen LogP contribution >= 0.6 is 0 Å². The first-order valence-corrected chi connectivity index (χ1v) is 10.1. The molecule has 3 aliphatic heterocycles. The molecule has 5 nitrogen and oxygen atoms in total. The number of nitrogens with zero attached hydrogens (tertiary/aromatic N) is 3. The maximum atomic E-state index is 13.3. The van der Waals surface area contributed by atoms with Crippen molar-refractivity contribution in [1.82, 2.24) is 9.80 Å². The van der Waals surface area contributed by atoms with Crippen LogP contribution in [0, 0.1) is 23.2 Å². The van der Waals surface area contributed by atoms with E-state index in [2.05, 4.69) is 13.0 Å². The van der Waals surface area contributed by atoms with Crippen LogP contribution < -0.4 is 0 Å². The second-order valence-electron chi connectivity index (χ2n) is 8.42. The van der Waals surface area contributed by atoms with E-state index in [-0.39, 0.29) is 35.7 Å². The van der Waals surface area contributed by atoms with E-state index < -0.39 is 0 Å². The zero-order chi connectivity index (χ0) is 19.0. The summed E-state index contributed by atoms with van der Waals surface area (Å²) >= 11 is 0. The highest BCUT2D eigenvalue weighted by molar-refractivity contribution is 5.89. The highest BCUT2D eigenvalue weighted by Crippen LogP contribution is 2.37. The lowest BCUT2D eigenvalue weighted by Crippen LogP contribution is -2.49. The van der Waals surface area contributed by atoms with Crippen LogP contribution in [0.25, 0.3) is 0 Å². The van der Waals surface area contributed by atoms with Crippen molar-refractivity contribution in [2.45, 2.75) is 57.0 Å². The quantitative estimate of drug-likeness (QED) is 0.809. The number of likely N-dealkylation sites (tertiary alicyclic amines) is 1. The Labute approximate surface area is 160 Å². The minimum Gasteiger partial charge on any atom is -0.339 e. The normalized spacial score (nSPS) is 33.5. The Morgan fingerprint density at radius 1 is 1.15 bits per heavy atom. The summed E-state index contributed by atoms with van der Waals surface area (Å²) in [5.74, 6) is 0.579. The zero-order valence-corrected chi connectivity index (χ0v) is 15.9. The fraction of sp³-hybridized carbons (Fsp3) is 0.591. The summed E-state index contributed by atoms with van der Waals surface area (Å²) in [6, 6.07) is 12.3. The molecule has 0 aliphatic carbocycles. The van der Waals surface area contributed by atoms with Crippen molar-refractivity contribution in [3.63, 3.8) is 0 Å². The van der Waals surface area contributed by atoms with Crippen molar-refractivity contribution < 1.29 is 9.59 Å². The molecule has 5 atom stereocenters. The second-order valence-corrected chi connectivity index (χ2v) is 8.42. The lowest BCUT2D eigenvalue weighted by Gasteiger charge is -2.31. The Morgan fingerprint density at radius 2 is 1.93 bits per heavy atom. The number of carbonyl (C=O) groups is 2. The van der Waals surface area contributed by atoms with Crippen LogP contribution in [-0.2, 0) is 9.59 Å². The SMILES string of the molecule is C[C@H]1CCC(=O)N2[C@H](CC[C@H]2C(=O)N2C[C@@H](C#N)[C@H](c3ccccc3)C2)C1. The van der Waals surface area contributed by atoms with Crippen LogP contribution in [0.5, 0.6) is 0 Å². The molecule has 0 aromatic heterocycles.